The lowest BCUT2D eigenvalue weighted by atomic mass is 9.87. The number of rotatable bonds is 2. The molecule has 1 fully saturated rings. The maximum absolute atomic E-state index is 10.8. The summed E-state index contributed by atoms with van der Waals surface area (Å²) in [5, 5.41) is 26.6. The Morgan fingerprint density at radius 3 is 2.90 bits per heavy atom. The summed E-state index contributed by atoms with van der Waals surface area (Å²) in [6.45, 7) is 0.224. The van der Waals surface area contributed by atoms with Crippen LogP contribution in [0, 0.1) is 0 Å². The second-order valence-electron chi connectivity index (χ2n) is 5.41. The quantitative estimate of drug-likeness (QED) is 0.183. The Kier molecular flexibility index (Phi) is 2.68. The molecule has 21 heavy (non-hydrogen) atoms. The van der Waals surface area contributed by atoms with E-state index in [9.17, 15) is 15.0 Å². The average molecular weight is 301 g/mol. The van der Waals surface area contributed by atoms with Crippen LogP contribution in [-0.2, 0) is 4.74 Å². The first kappa shape index (κ1) is 13.7. The molecule has 11 N–H and O–H groups in total. The van der Waals surface area contributed by atoms with E-state index >= 15 is 0 Å². The number of hydrogen-bond donors (Lipinski definition) is 8. The molecule has 0 aromatic rings. The summed E-state index contributed by atoms with van der Waals surface area (Å²) >= 11 is 0. The molecule has 1 spiro atoms. The molecule has 2 unspecified atom stereocenters. The van der Waals surface area contributed by atoms with Gasteiger partial charge in [0.05, 0.1) is 6.54 Å². The van der Waals surface area contributed by atoms with E-state index in [4.69, 9.17) is 21.9 Å². The fraction of sp³-hybridized carbons (Fsp3) is 0.700. The third-order valence-corrected chi connectivity index (χ3v) is 4.24. The van der Waals surface area contributed by atoms with E-state index in [1.54, 1.807) is 4.58 Å². The van der Waals surface area contributed by atoms with Gasteiger partial charge < -0.3 is 20.7 Å². The first-order valence-corrected chi connectivity index (χ1v) is 6.48. The van der Waals surface area contributed by atoms with E-state index in [0.717, 1.165) is 0 Å². The topological polar surface area (TPSA) is 186 Å². The summed E-state index contributed by atoms with van der Waals surface area (Å²) in [4.78, 5) is 13.7. The van der Waals surface area contributed by atoms with Gasteiger partial charge in [0.15, 0.2) is 6.04 Å². The molecule has 0 bridgehead atoms. The van der Waals surface area contributed by atoms with Gasteiger partial charge in [-0.1, -0.05) is 0 Å². The zero-order valence-electron chi connectivity index (χ0n) is 11.2. The van der Waals surface area contributed by atoms with Crippen LogP contribution in [0.25, 0.3) is 0 Å². The number of primary amides is 1. The maximum Gasteiger partial charge on any atom is 0.404 e. The van der Waals surface area contributed by atoms with Crippen LogP contribution in [0.5, 0.6) is 0 Å². The van der Waals surface area contributed by atoms with Crippen molar-refractivity contribution in [2.24, 2.45) is 17.2 Å². The molecule has 1 amide bonds. The van der Waals surface area contributed by atoms with Crippen molar-refractivity contribution >= 4 is 18.0 Å². The zero-order valence-corrected chi connectivity index (χ0v) is 11.2. The number of nitrogens with one attached hydrogen (secondary N) is 3. The normalized spacial score (nSPS) is 36.2. The fourth-order valence-corrected chi connectivity index (χ4v) is 3.39. The number of aliphatic hydroxyl groups is 2. The van der Waals surface area contributed by atoms with Crippen LogP contribution >= 0.6 is 0 Å². The second kappa shape index (κ2) is 4.11. The summed E-state index contributed by atoms with van der Waals surface area (Å²) < 4.78 is 6.40. The minimum absolute atomic E-state index is 0.0806. The largest absolute Gasteiger partial charge is 0.446 e. The molecule has 11 nitrogen and oxygen atoms in total. The molecule has 0 aliphatic carbocycles. The predicted octanol–water partition coefficient (Wildman–Crippen LogP) is -6.47. The Morgan fingerprint density at radius 2 is 2.24 bits per heavy atom. The van der Waals surface area contributed by atoms with Crippen LogP contribution in [0.3, 0.4) is 0 Å². The summed E-state index contributed by atoms with van der Waals surface area (Å²) in [6.07, 6.45) is -0.850. The van der Waals surface area contributed by atoms with Gasteiger partial charge in [0, 0.05) is 6.42 Å². The Balaban J connectivity index is 2.02. The number of guanidine groups is 2. The van der Waals surface area contributed by atoms with Crippen LogP contribution < -0.4 is 32.8 Å². The highest BCUT2D eigenvalue weighted by Crippen LogP contribution is 2.36. The highest BCUT2D eigenvalue weighted by molar-refractivity contribution is 5.78. The van der Waals surface area contributed by atoms with Crippen molar-refractivity contribution in [2.75, 3.05) is 13.2 Å². The van der Waals surface area contributed by atoms with Crippen LogP contribution in [0.1, 0.15) is 6.42 Å². The summed E-state index contributed by atoms with van der Waals surface area (Å²) in [5.74, 6) is -1.65. The van der Waals surface area contributed by atoms with Gasteiger partial charge in [-0.05, 0) is 0 Å². The third kappa shape index (κ3) is 1.70. The molecule has 116 valence electrons. The minimum Gasteiger partial charge on any atom is -0.446 e. The number of hydrogen-bond acceptors (Lipinski definition) is 8. The molecule has 0 aromatic carbocycles. The highest BCUT2D eigenvalue weighted by atomic mass is 16.5. The van der Waals surface area contributed by atoms with Gasteiger partial charge >= 0.3 is 18.0 Å². The SMILES string of the molecule is NC(=O)OC[C@@H]1NC(N)=[N+]2CCC(O)(O)C23NC(N)=[NH+]C13. The van der Waals surface area contributed by atoms with Gasteiger partial charge in [-0.2, -0.15) is 0 Å². The number of ether oxygens (including phenoxy) is 1. The standard InChI is InChI=1S/C10H17N7O4/c11-6-15-5-4(3-21-8(13)18)14-7(12)17-2-1-9(19,20)10(5,17)16-6/h4-5,19-20H,1-3H2,(H7,11,12,13,14,15,16,18)/p+2/t4-,5?,10?/m0/s1. The molecule has 11 heteroatoms. The molecular formula is C10H19N7O4+2. The lowest BCUT2D eigenvalue weighted by Gasteiger charge is -2.40. The van der Waals surface area contributed by atoms with Gasteiger partial charge in [0.25, 0.3) is 5.66 Å². The summed E-state index contributed by atoms with van der Waals surface area (Å²) in [6, 6.07) is -1.14. The van der Waals surface area contributed by atoms with E-state index < -0.39 is 29.6 Å². The van der Waals surface area contributed by atoms with Gasteiger partial charge in [0.2, 0.25) is 5.79 Å². The first-order chi connectivity index (χ1) is 9.78. The predicted molar refractivity (Wildman–Crippen MR) is 68.4 cm³/mol. The van der Waals surface area contributed by atoms with Crippen LogP contribution in [0.4, 0.5) is 4.79 Å². The minimum atomic E-state index is -2.07. The average Bonchev–Trinajstić information content (AvgIpc) is 2.85. The number of carbonyl (C=O) groups excluding carboxylic acids is 1. The molecule has 3 atom stereocenters. The molecule has 0 saturated carbocycles. The lowest BCUT2D eigenvalue weighted by molar-refractivity contribution is -0.674. The van der Waals surface area contributed by atoms with Crippen molar-refractivity contribution in [3.8, 4) is 0 Å². The first-order valence-electron chi connectivity index (χ1n) is 6.48. The molecule has 0 radical (unpaired) electrons. The summed E-state index contributed by atoms with van der Waals surface area (Å²) in [7, 11) is 0. The smallest absolute Gasteiger partial charge is 0.404 e. The Hall–Kier alpha value is -2.27. The van der Waals surface area contributed by atoms with Gasteiger partial charge in [-0.25, -0.2) is 14.7 Å². The van der Waals surface area contributed by atoms with Crippen molar-refractivity contribution in [3.63, 3.8) is 0 Å². The van der Waals surface area contributed by atoms with Gasteiger partial charge in [-0.3, -0.25) is 21.8 Å². The van der Waals surface area contributed by atoms with Crippen molar-refractivity contribution in [1.29, 1.82) is 0 Å². The van der Waals surface area contributed by atoms with Gasteiger partial charge in [0.1, 0.15) is 12.6 Å². The lowest BCUT2D eigenvalue weighted by Crippen LogP contribution is -2.91. The fourth-order valence-electron chi connectivity index (χ4n) is 3.39. The monoisotopic (exact) mass is 301 g/mol. The molecular weight excluding hydrogens is 282 g/mol. The van der Waals surface area contributed by atoms with Crippen LogP contribution in [0.15, 0.2) is 0 Å². The third-order valence-electron chi connectivity index (χ3n) is 4.24. The van der Waals surface area contributed by atoms with Crippen LogP contribution in [-0.4, -0.2) is 69.5 Å². The maximum atomic E-state index is 10.8. The van der Waals surface area contributed by atoms with E-state index in [1.165, 1.54) is 0 Å². The Morgan fingerprint density at radius 1 is 1.52 bits per heavy atom. The van der Waals surface area contributed by atoms with Crippen molar-refractivity contribution in [2.45, 2.75) is 30.0 Å². The summed E-state index contributed by atoms with van der Waals surface area (Å²) in [5.41, 5.74) is 15.3. The molecule has 1 saturated heterocycles. The molecule has 3 heterocycles. The second-order valence-corrected chi connectivity index (χ2v) is 5.41. The van der Waals surface area contributed by atoms with Crippen molar-refractivity contribution < 1.29 is 29.3 Å². The van der Waals surface area contributed by atoms with Crippen LogP contribution in [0.2, 0.25) is 0 Å². The van der Waals surface area contributed by atoms with Gasteiger partial charge in [-0.15, -0.1) is 0 Å². The van der Waals surface area contributed by atoms with E-state index in [1.807, 2.05) is 0 Å². The molecule has 3 rings (SSSR count). The van der Waals surface area contributed by atoms with E-state index in [0.29, 0.717) is 6.54 Å². The molecule has 0 aromatic heterocycles. The molecule has 3 aliphatic heterocycles. The van der Waals surface area contributed by atoms with Crippen molar-refractivity contribution in [1.82, 2.24) is 10.6 Å². The highest BCUT2D eigenvalue weighted by Gasteiger charge is 2.74. The number of nitrogens with zero attached hydrogens (tertiary/aromatic N) is 1. The number of amides is 1. The number of carbonyl (C=O) groups is 1. The molecule has 3 aliphatic rings. The van der Waals surface area contributed by atoms with E-state index in [-0.39, 0.29) is 24.9 Å². The Bertz CT molecular complexity index is 560. The zero-order chi connectivity index (χ0) is 15.4. The number of nitrogens with two attached hydrogens (primary N) is 3. The van der Waals surface area contributed by atoms with E-state index in [2.05, 4.69) is 15.6 Å². The Labute approximate surface area is 119 Å². The van der Waals surface area contributed by atoms with Crippen molar-refractivity contribution in [3.05, 3.63) is 0 Å².